The van der Waals surface area contributed by atoms with Gasteiger partial charge in [0.15, 0.2) is 0 Å². The van der Waals surface area contributed by atoms with Crippen LogP contribution in [0.5, 0.6) is 0 Å². The molecule has 11 rings (SSSR count). The van der Waals surface area contributed by atoms with Gasteiger partial charge in [-0.15, -0.1) is 0 Å². The minimum atomic E-state index is 0.871. The predicted molar refractivity (Wildman–Crippen MR) is 237 cm³/mol. The molecule has 0 spiro atoms. The monoisotopic (exact) mass is 729 g/mol. The van der Waals surface area contributed by atoms with E-state index >= 15 is 0 Å². The Morgan fingerprint density at radius 3 is 1.37 bits per heavy atom. The van der Waals surface area contributed by atoms with Gasteiger partial charge >= 0.3 is 0 Å². The van der Waals surface area contributed by atoms with Crippen molar-refractivity contribution in [2.24, 2.45) is 0 Å². The number of hydrogen-bond donors (Lipinski definition) is 0. The highest BCUT2D eigenvalue weighted by molar-refractivity contribution is 6.07. The number of rotatable bonds is 7. The highest BCUT2D eigenvalue weighted by Crippen LogP contribution is 2.43. The van der Waals surface area contributed by atoms with E-state index in [9.17, 15) is 0 Å². The van der Waals surface area contributed by atoms with Crippen molar-refractivity contribution in [3.63, 3.8) is 0 Å². The zero-order valence-corrected chi connectivity index (χ0v) is 31.0. The number of benzene rings is 9. The Morgan fingerprint density at radius 1 is 0.246 bits per heavy atom. The van der Waals surface area contributed by atoms with Gasteiger partial charge in [0, 0.05) is 38.6 Å². The summed E-state index contributed by atoms with van der Waals surface area (Å²) in [6.45, 7) is 0. The van der Waals surface area contributed by atoms with Crippen molar-refractivity contribution in [3.05, 3.63) is 212 Å². The highest BCUT2D eigenvalue weighted by Gasteiger charge is 2.18. The second-order valence-corrected chi connectivity index (χ2v) is 14.5. The first-order valence-electron chi connectivity index (χ1n) is 19.3. The lowest BCUT2D eigenvalue weighted by Gasteiger charge is -2.26. The summed E-state index contributed by atoms with van der Waals surface area (Å²) < 4.78 is 12.7. The maximum absolute atomic E-state index is 6.42. The van der Waals surface area contributed by atoms with E-state index in [1.165, 1.54) is 11.1 Å². The molecule has 0 aliphatic rings. The third-order valence-corrected chi connectivity index (χ3v) is 11.1. The summed E-state index contributed by atoms with van der Waals surface area (Å²) in [7, 11) is 0. The van der Waals surface area contributed by atoms with Crippen LogP contribution in [0.3, 0.4) is 0 Å². The molecule has 0 aliphatic heterocycles. The Bertz CT molecular complexity index is 3250. The summed E-state index contributed by atoms with van der Waals surface area (Å²) in [6.07, 6.45) is 0. The summed E-state index contributed by atoms with van der Waals surface area (Å²) in [5, 5.41) is 4.49. The van der Waals surface area contributed by atoms with Crippen LogP contribution in [-0.4, -0.2) is 0 Å². The van der Waals surface area contributed by atoms with Crippen LogP contribution in [0.25, 0.3) is 88.4 Å². The van der Waals surface area contributed by atoms with Crippen molar-refractivity contribution in [3.8, 4) is 44.5 Å². The number of fused-ring (bicyclic) bond motifs is 6. The van der Waals surface area contributed by atoms with E-state index in [-0.39, 0.29) is 0 Å². The Balaban J connectivity index is 1.07. The molecule has 0 N–H and O–H groups in total. The molecule has 0 unspecified atom stereocenters. The van der Waals surface area contributed by atoms with Crippen molar-refractivity contribution < 1.29 is 8.83 Å². The molecule has 0 radical (unpaired) electrons. The number of furan rings is 2. The molecule has 9 aromatic carbocycles. The lowest BCUT2D eigenvalue weighted by molar-refractivity contribution is 0.668. The Hall–Kier alpha value is -7.62. The SMILES string of the molecule is c1ccc(-c2cccc(N(c3ccccc3)c3cccc(-c4ccc(-c5ccc6c(c5)oc5ccccc56)cc4-c4ccc5c(c4)oc4ccccc45)c3)c2)cc1. The number of anilines is 3. The lowest BCUT2D eigenvalue weighted by atomic mass is 9.90. The van der Waals surface area contributed by atoms with Crippen LogP contribution in [0.1, 0.15) is 0 Å². The van der Waals surface area contributed by atoms with E-state index in [2.05, 4.69) is 193 Å². The minimum Gasteiger partial charge on any atom is -0.456 e. The van der Waals surface area contributed by atoms with Crippen molar-refractivity contribution in [1.29, 1.82) is 0 Å². The van der Waals surface area contributed by atoms with Gasteiger partial charge < -0.3 is 13.7 Å². The second-order valence-electron chi connectivity index (χ2n) is 14.5. The van der Waals surface area contributed by atoms with Crippen molar-refractivity contribution in [1.82, 2.24) is 0 Å². The molecule has 3 heteroatoms. The number of nitrogens with zero attached hydrogens (tertiary/aromatic N) is 1. The molecule has 0 fully saturated rings. The summed E-state index contributed by atoms with van der Waals surface area (Å²) in [5.41, 5.74) is 15.8. The summed E-state index contributed by atoms with van der Waals surface area (Å²) in [4.78, 5) is 2.34. The van der Waals surface area contributed by atoms with Gasteiger partial charge in [-0.2, -0.15) is 0 Å². The predicted octanol–water partition coefficient (Wildman–Crippen LogP) is 15.6. The molecule has 0 atom stereocenters. The maximum atomic E-state index is 6.42. The first-order valence-corrected chi connectivity index (χ1v) is 19.3. The van der Waals surface area contributed by atoms with Crippen molar-refractivity contribution in [2.45, 2.75) is 0 Å². The van der Waals surface area contributed by atoms with Gasteiger partial charge in [0.2, 0.25) is 0 Å². The van der Waals surface area contributed by atoms with Gasteiger partial charge in [0.25, 0.3) is 0 Å². The molecule has 57 heavy (non-hydrogen) atoms. The largest absolute Gasteiger partial charge is 0.456 e. The molecule has 11 aromatic rings. The lowest BCUT2D eigenvalue weighted by Crippen LogP contribution is -2.10. The molecule has 2 aromatic heterocycles. The smallest absolute Gasteiger partial charge is 0.136 e. The average Bonchev–Trinajstić information content (AvgIpc) is 3.85. The van der Waals surface area contributed by atoms with Crippen LogP contribution in [0.4, 0.5) is 17.1 Å². The Kier molecular flexibility index (Phi) is 7.82. The first kappa shape index (κ1) is 32.8. The molecule has 0 aliphatic carbocycles. The summed E-state index contributed by atoms with van der Waals surface area (Å²) >= 11 is 0. The molecule has 268 valence electrons. The fraction of sp³-hybridized carbons (Fsp3) is 0. The summed E-state index contributed by atoms with van der Waals surface area (Å²) in [6, 6.07) is 75.3. The first-order chi connectivity index (χ1) is 28.2. The van der Waals surface area contributed by atoms with Gasteiger partial charge in [0.1, 0.15) is 22.3 Å². The van der Waals surface area contributed by atoms with E-state index in [1.54, 1.807) is 0 Å². The van der Waals surface area contributed by atoms with Crippen molar-refractivity contribution in [2.75, 3.05) is 4.90 Å². The Labute approximate surface area is 330 Å². The van der Waals surface area contributed by atoms with Crippen LogP contribution in [0.15, 0.2) is 221 Å². The molecule has 0 saturated heterocycles. The van der Waals surface area contributed by atoms with E-state index in [1.807, 2.05) is 24.3 Å². The maximum Gasteiger partial charge on any atom is 0.136 e. The highest BCUT2D eigenvalue weighted by atomic mass is 16.3. The van der Waals surface area contributed by atoms with Crippen LogP contribution in [-0.2, 0) is 0 Å². The molecule has 0 amide bonds. The van der Waals surface area contributed by atoms with Crippen LogP contribution >= 0.6 is 0 Å². The third-order valence-electron chi connectivity index (χ3n) is 11.1. The summed E-state index contributed by atoms with van der Waals surface area (Å²) in [5.74, 6) is 0. The van der Waals surface area contributed by atoms with Gasteiger partial charge in [-0.05, 0) is 123 Å². The number of hydrogen-bond acceptors (Lipinski definition) is 3. The van der Waals surface area contributed by atoms with Gasteiger partial charge in [-0.25, -0.2) is 0 Å². The second kappa shape index (κ2) is 13.6. The van der Waals surface area contributed by atoms with Gasteiger partial charge in [0.05, 0.1) is 0 Å². The van der Waals surface area contributed by atoms with E-state index in [0.717, 1.165) is 94.3 Å². The quantitative estimate of drug-likeness (QED) is 0.164. The zero-order chi connectivity index (χ0) is 37.7. The van der Waals surface area contributed by atoms with Gasteiger partial charge in [-0.1, -0.05) is 133 Å². The van der Waals surface area contributed by atoms with E-state index in [0.29, 0.717) is 0 Å². The van der Waals surface area contributed by atoms with E-state index < -0.39 is 0 Å². The zero-order valence-electron chi connectivity index (χ0n) is 31.0. The van der Waals surface area contributed by atoms with Crippen LogP contribution < -0.4 is 4.90 Å². The van der Waals surface area contributed by atoms with Crippen LogP contribution in [0.2, 0.25) is 0 Å². The fourth-order valence-corrected chi connectivity index (χ4v) is 8.31. The molecule has 2 heterocycles. The standard InChI is InChI=1S/C54H35NO2/c1-3-13-36(14-4-1)37-15-11-19-43(31-37)55(42-17-5-2-6-18-42)44-20-12-16-40(32-44)45-28-25-38(39-26-29-48-46-21-7-9-23-51(46)56-53(48)34-39)33-50(45)41-27-30-49-47-22-8-10-24-52(47)57-54(49)35-41/h1-35H. The fourth-order valence-electron chi connectivity index (χ4n) is 8.31. The molecule has 0 saturated carbocycles. The number of para-hydroxylation sites is 3. The molecule has 0 bridgehead atoms. The van der Waals surface area contributed by atoms with Gasteiger partial charge in [-0.3, -0.25) is 0 Å². The van der Waals surface area contributed by atoms with E-state index in [4.69, 9.17) is 8.83 Å². The molecule has 3 nitrogen and oxygen atoms in total. The van der Waals surface area contributed by atoms with Crippen molar-refractivity contribution >= 4 is 60.9 Å². The van der Waals surface area contributed by atoms with Crippen LogP contribution in [0, 0.1) is 0 Å². The Morgan fingerprint density at radius 2 is 0.684 bits per heavy atom. The topological polar surface area (TPSA) is 29.5 Å². The average molecular weight is 730 g/mol. The molecular formula is C54H35NO2. The third kappa shape index (κ3) is 5.85. The minimum absolute atomic E-state index is 0.871. The normalized spacial score (nSPS) is 11.5. The molecular weight excluding hydrogens is 695 g/mol.